The Kier molecular flexibility index (Phi) is 6.30. The van der Waals surface area contributed by atoms with Gasteiger partial charge in [0.2, 0.25) is 0 Å². The van der Waals surface area contributed by atoms with E-state index in [-0.39, 0.29) is 0 Å². The summed E-state index contributed by atoms with van der Waals surface area (Å²) in [5, 5.41) is 0. The fourth-order valence-electron chi connectivity index (χ4n) is 2.57. The zero-order valence-electron chi connectivity index (χ0n) is 15.3. The third kappa shape index (κ3) is 4.98. The number of carbonyl (C=O) groups is 1. The molecule has 0 bridgehead atoms. The summed E-state index contributed by atoms with van der Waals surface area (Å²) in [6.07, 6.45) is 0. The Morgan fingerprint density at radius 2 is 1.63 bits per heavy atom. The lowest BCUT2D eigenvalue weighted by Crippen LogP contribution is -2.10. The van der Waals surface area contributed by atoms with Crippen molar-refractivity contribution >= 4 is 21.9 Å². The summed E-state index contributed by atoms with van der Waals surface area (Å²) < 4.78 is 12.1. The molecule has 3 rings (SSSR count). The van der Waals surface area contributed by atoms with Gasteiger partial charge in [-0.05, 0) is 51.7 Å². The van der Waals surface area contributed by atoms with Gasteiger partial charge in [-0.2, -0.15) is 0 Å². The number of rotatable bonds is 6. The molecule has 27 heavy (non-hydrogen) atoms. The molecule has 0 aliphatic rings. The fraction of sp³-hybridized carbons (Fsp3) is 0.174. The minimum absolute atomic E-state index is 0.408. The summed E-state index contributed by atoms with van der Waals surface area (Å²) in [5.74, 6) is 1.26. The van der Waals surface area contributed by atoms with Crippen LogP contribution in [0.4, 0.5) is 0 Å². The van der Waals surface area contributed by atoms with E-state index < -0.39 is 5.97 Å². The molecule has 0 aliphatic carbocycles. The average molecular weight is 425 g/mol. The quantitative estimate of drug-likeness (QED) is 0.340. The summed E-state index contributed by atoms with van der Waals surface area (Å²) in [6.45, 7) is 4.79. The number of halogens is 1. The van der Waals surface area contributed by atoms with E-state index in [1.54, 1.807) is 24.3 Å². The van der Waals surface area contributed by atoms with Crippen LogP contribution >= 0.6 is 15.9 Å². The molecule has 138 valence electrons. The van der Waals surface area contributed by atoms with E-state index in [1.807, 2.05) is 48.5 Å². The predicted molar refractivity (Wildman–Crippen MR) is 111 cm³/mol. The largest absolute Gasteiger partial charge is 0.492 e. The van der Waals surface area contributed by atoms with E-state index in [0.29, 0.717) is 29.6 Å². The van der Waals surface area contributed by atoms with E-state index in [4.69, 9.17) is 9.47 Å². The van der Waals surface area contributed by atoms with Crippen LogP contribution in [0.5, 0.6) is 11.5 Å². The van der Waals surface area contributed by atoms with Crippen LogP contribution in [0.25, 0.3) is 11.1 Å². The molecule has 0 amide bonds. The highest BCUT2D eigenvalue weighted by molar-refractivity contribution is 9.10. The van der Waals surface area contributed by atoms with Crippen LogP contribution in [0.15, 0.2) is 77.3 Å². The molecule has 0 radical (unpaired) electrons. The first kappa shape index (κ1) is 19.2. The van der Waals surface area contributed by atoms with Crippen molar-refractivity contribution in [2.75, 3.05) is 6.61 Å². The molecule has 0 saturated heterocycles. The first-order valence-electron chi connectivity index (χ1n) is 8.83. The molecule has 3 aromatic carbocycles. The topological polar surface area (TPSA) is 35.5 Å². The van der Waals surface area contributed by atoms with E-state index in [2.05, 4.69) is 29.8 Å². The maximum Gasteiger partial charge on any atom is 0.343 e. The number of hydrogen-bond donors (Lipinski definition) is 0. The van der Waals surface area contributed by atoms with Crippen LogP contribution in [0.1, 0.15) is 24.2 Å². The van der Waals surface area contributed by atoms with E-state index >= 15 is 0 Å². The third-order valence-electron chi connectivity index (χ3n) is 3.91. The third-order valence-corrected chi connectivity index (χ3v) is 4.53. The van der Waals surface area contributed by atoms with Crippen LogP contribution in [0.3, 0.4) is 0 Å². The number of ether oxygens (including phenoxy) is 2. The molecule has 0 fully saturated rings. The van der Waals surface area contributed by atoms with Gasteiger partial charge in [-0.1, -0.05) is 62.4 Å². The van der Waals surface area contributed by atoms with Crippen molar-refractivity contribution in [1.29, 1.82) is 0 Å². The zero-order valence-corrected chi connectivity index (χ0v) is 16.9. The first-order valence-corrected chi connectivity index (χ1v) is 9.63. The second-order valence-corrected chi connectivity index (χ2v) is 7.46. The van der Waals surface area contributed by atoms with Gasteiger partial charge in [0.1, 0.15) is 11.5 Å². The van der Waals surface area contributed by atoms with E-state index in [1.165, 1.54) is 0 Å². The number of benzene rings is 3. The smallest absolute Gasteiger partial charge is 0.343 e. The number of esters is 1. The fourth-order valence-corrected chi connectivity index (χ4v) is 3.07. The Morgan fingerprint density at radius 3 is 2.33 bits per heavy atom. The van der Waals surface area contributed by atoms with Gasteiger partial charge in [0.05, 0.1) is 16.6 Å². The lowest BCUT2D eigenvalue weighted by atomic mass is 10.0. The lowest BCUT2D eigenvalue weighted by Gasteiger charge is -2.12. The Balaban J connectivity index is 1.79. The summed E-state index contributed by atoms with van der Waals surface area (Å²) in [4.78, 5) is 12.6. The summed E-state index contributed by atoms with van der Waals surface area (Å²) in [7, 11) is 0. The number of hydrogen-bond acceptors (Lipinski definition) is 3. The molecule has 3 aromatic rings. The van der Waals surface area contributed by atoms with Crippen molar-refractivity contribution in [3.8, 4) is 22.6 Å². The van der Waals surface area contributed by atoms with Crippen molar-refractivity contribution in [3.63, 3.8) is 0 Å². The van der Waals surface area contributed by atoms with Crippen LogP contribution < -0.4 is 9.47 Å². The standard InChI is InChI=1S/C23H21BrO3/c1-16(2)15-26-22-13-12-18(14-20(22)24)23(25)27-21-11-7-6-10-19(21)17-8-4-3-5-9-17/h3-14,16H,15H2,1-2H3. The minimum Gasteiger partial charge on any atom is -0.492 e. The molecule has 4 heteroatoms. The molecule has 0 unspecified atom stereocenters. The maximum atomic E-state index is 12.6. The van der Waals surface area contributed by atoms with Gasteiger partial charge < -0.3 is 9.47 Å². The van der Waals surface area contributed by atoms with Gasteiger partial charge in [0.15, 0.2) is 0 Å². The molecule has 0 spiro atoms. The molecular formula is C23H21BrO3. The minimum atomic E-state index is -0.408. The second-order valence-electron chi connectivity index (χ2n) is 6.60. The van der Waals surface area contributed by atoms with Gasteiger partial charge in [0, 0.05) is 5.56 Å². The molecule has 0 atom stereocenters. The van der Waals surface area contributed by atoms with Gasteiger partial charge in [-0.25, -0.2) is 4.79 Å². The second kappa shape index (κ2) is 8.87. The highest BCUT2D eigenvalue weighted by Crippen LogP contribution is 2.31. The van der Waals surface area contributed by atoms with Crippen molar-refractivity contribution in [2.45, 2.75) is 13.8 Å². The van der Waals surface area contributed by atoms with Crippen LogP contribution in [-0.2, 0) is 0 Å². The molecule has 0 aromatic heterocycles. The number of para-hydroxylation sites is 1. The van der Waals surface area contributed by atoms with E-state index in [0.717, 1.165) is 15.6 Å². The Labute approximate surface area is 168 Å². The van der Waals surface area contributed by atoms with E-state index in [9.17, 15) is 4.79 Å². The highest BCUT2D eigenvalue weighted by atomic mass is 79.9. The first-order chi connectivity index (χ1) is 13.0. The molecule has 0 saturated carbocycles. The summed E-state index contributed by atoms with van der Waals surface area (Å²) in [6, 6.07) is 22.6. The number of carbonyl (C=O) groups excluding carboxylic acids is 1. The molecule has 0 N–H and O–H groups in total. The zero-order chi connectivity index (χ0) is 19.2. The molecule has 3 nitrogen and oxygen atoms in total. The van der Waals surface area contributed by atoms with Crippen molar-refractivity contribution < 1.29 is 14.3 Å². The predicted octanol–water partition coefficient (Wildman–Crippen LogP) is 6.37. The van der Waals surface area contributed by atoms with Crippen molar-refractivity contribution in [3.05, 3.63) is 82.8 Å². The Morgan fingerprint density at radius 1 is 0.926 bits per heavy atom. The average Bonchev–Trinajstić information content (AvgIpc) is 2.68. The SMILES string of the molecule is CC(C)COc1ccc(C(=O)Oc2ccccc2-c2ccccc2)cc1Br. The summed E-state index contributed by atoms with van der Waals surface area (Å²) in [5.41, 5.74) is 2.34. The highest BCUT2D eigenvalue weighted by Gasteiger charge is 2.14. The van der Waals surface area contributed by atoms with Crippen molar-refractivity contribution in [2.24, 2.45) is 5.92 Å². The van der Waals surface area contributed by atoms with Crippen LogP contribution in [0, 0.1) is 5.92 Å². The molecule has 0 heterocycles. The molecular weight excluding hydrogens is 404 g/mol. The van der Waals surface area contributed by atoms with Crippen LogP contribution in [-0.4, -0.2) is 12.6 Å². The lowest BCUT2D eigenvalue weighted by molar-refractivity contribution is 0.0735. The normalized spacial score (nSPS) is 10.7. The van der Waals surface area contributed by atoms with Crippen molar-refractivity contribution in [1.82, 2.24) is 0 Å². The Hall–Kier alpha value is -2.59. The summed E-state index contributed by atoms with van der Waals surface area (Å²) >= 11 is 3.47. The Bertz CT molecular complexity index is 920. The van der Waals surface area contributed by atoms with Gasteiger partial charge in [0.25, 0.3) is 0 Å². The van der Waals surface area contributed by atoms with Crippen LogP contribution in [0.2, 0.25) is 0 Å². The van der Waals surface area contributed by atoms with Gasteiger partial charge >= 0.3 is 5.97 Å². The molecule has 0 aliphatic heterocycles. The maximum absolute atomic E-state index is 12.6. The van der Waals surface area contributed by atoms with Gasteiger partial charge in [-0.3, -0.25) is 0 Å². The monoisotopic (exact) mass is 424 g/mol. The van der Waals surface area contributed by atoms with Gasteiger partial charge in [-0.15, -0.1) is 0 Å².